The van der Waals surface area contributed by atoms with Gasteiger partial charge in [-0.1, -0.05) is 20.8 Å². The lowest BCUT2D eigenvalue weighted by atomic mass is 9.78. The van der Waals surface area contributed by atoms with E-state index in [-0.39, 0.29) is 11.0 Å². The number of hydrogen-bond donors (Lipinski definition) is 2. The Morgan fingerprint density at radius 3 is 2.35 bits per heavy atom. The Hall–Kier alpha value is -0.940. The fraction of sp³-hybridized carbons (Fsp3) is 0.667. The number of carboxylic acids is 1. The summed E-state index contributed by atoms with van der Waals surface area (Å²) in [5.41, 5.74) is 6.22. The van der Waals surface area contributed by atoms with Gasteiger partial charge in [-0.3, -0.25) is 0 Å². The van der Waals surface area contributed by atoms with Crippen molar-refractivity contribution in [3.8, 4) is 0 Å². The maximum Gasteiger partial charge on any atom is 0.347 e. The van der Waals surface area contributed by atoms with Gasteiger partial charge in [-0.05, 0) is 19.3 Å². The molecule has 1 fully saturated rings. The quantitative estimate of drug-likeness (QED) is 0.850. The molecule has 0 saturated heterocycles. The summed E-state index contributed by atoms with van der Waals surface area (Å²) >= 11 is 1.24. The molecule has 0 unspecified atom stereocenters. The van der Waals surface area contributed by atoms with Gasteiger partial charge in [-0.15, -0.1) is 11.3 Å². The van der Waals surface area contributed by atoms with Crippen molar-refractivity contribution in [3.63, 3.8) is 0 Å². The van der Waals surface area contributed by atoms with Gasteiger partial charge in [-0.2, -0.15) is 0 Å². The molecule has 94 valence electrons. The maximum absolute atomic E-state index is 11.2. The van der Waals surface area contributed by atoms with E-state index in [0.717, 1.165) is 24.3 Å². The van der Waals surface area contributed by atoms with Crippen LogP contribution >= 0.6 is 11.3 Å². The molecule has 0 aromatic carbocycles. The maximum atomic E-state index is 11.2. The van der Waals surface area contributed by atoms with Crippen molar-refractivity contribution in [3.05, 3.63) is 15.6 Å². The molecule has 1 saturated carbocycles. The standard InChI is InChI=1S/C12H18N2O2S/c1-11(2,3)8-7(9(15)16)17-10(14-8)12(13)5-4-6-12/h4-6,13H2,1-3H3,(H,15,16). The van der Waals surface area contributed by atoms with Crippen LogP contribution in [0.2, 0.25) is 0 Å². The van der Waals surface area contributed by atoms with E-state index in [1.165, 1.54) is 11.3 Å². The number of hydrogen-bond acceptors (Lipinski definition) is 4. The molecule has 0 radical (unpaired) electrons. The predicted octanol–water partition coefficient (Wildman–Crippen LogP) is 2.48. The zero-order chi connectivity index (χ0) is 12.8. The van der Waals surface area contributed by atoms with Gasteiger partial charge in [0.1, 0.15) is 9.88 Å². The first kappa shape index (κ1) is 12.5. The molecule has 0 amide bonds. The Kier molecular flexibility index (Phi) is 2.78. The Labute approximate surface area is 105 Å². The Balaban J connectivity index is 2.48. The van der Waals surface area contributed by atoms with Gasteiger partial charge in [0.15, 0.2) is 0 Å². The van der Waals surface area contributed by atoms with Crippen LogP contribution in [0, 0.1) is 0 Å². The summed E-state index contributed by atoms with van der Waals surface area (Å²) in [6.07, 6.45) is 2.91. The number of aromatic nitrogens is 1. The van der Waals surface area contributed by atoms with Gasteiger partial charge >= 0.3 is 5.97 Å². The third-order valence-corrected chi connectivity index (χ3v) is 4.47. The van der Waals surface area contributed by atoms with Crippen molar-refractivity contribution in [2.24, 2.45) is 5.73 Å². The van der Waals surface area contributed by atoms with E-state index in [0.29, 0.717) is 10.6 Å². The first-order valence-corrected chi connectivity index (χ1v) is 6.60. The Bertz CT molecular complexity index is 456. The molecule has 0 atom stereocenters. The van der Waals surface area contributed by atoms with Crippen molar-refractivity contribution in [2.45, 2.75) is 51.0 Å². The molecule has 17 heavy (non-hydrogen) atoms. The minimum Gasteiger partial charge on any atom is -0.477 e. The van der Waals surface area contributed by atoms with Crippen molar-refractivity contribution >= 4 is 17.3 Å². The number of nitrogens with zero attached hydrogens (tertiary/aromatic N) is 1. The minimum absolute atomic E-state index is 0.261. The van der Waals surface area contributed by atoms with E-state index in [4.69, 9.17) is 5.73 Å². The lowest BCUT2D eigenvalue weighted by Gasteiger charge is -2.36. The van der Waals surface area contributed by atoms with Crippen molar-refractivity contribution in [1.82, 2.24) is 4.98 Å². The molecular formula is C12H18N2O2S. The molecule has 0 aliphatic heterocycles. The monoisotopic (exact) mass is 254 g/mol. The normalized spacial score (nSPS) is 18.8. The number of carboxylic acid groups (broad SMARTS) is 1. The zero-order valence-corrected chi connectivity index (χ0v) is 11.2. The molecular weight excluding hydrogens is 236 g/mol. The molecule has 2 rings (SSSR count). The van der Waals surface area contributed by atoms with E-state index < -0.39 is 5.97 Å². The van der Waals surface area contributed by atoms with Gasteiger partial charge in [0.25, 0.3) is 0 Å². The minimum atomic E-state index is -0.901. The summed E-state index contributed by atoms with van der Waals surface area (Å²) < 4.78 is 0. The second kappa shape index (κ2) is 3.78. The van der Waals surface area contributed by atoms with E-state index in [9.17, 15) is 9.90 Å². The molecule has 0 spiro atoms. The highest BCUT2D eigenvalue weighted by molar-refractivity contribution is 7.13. The predicted molar refractivity (Wildman–Crippen MR) is 67.5 cm³/mol. The molecule has 1 aliphatic rings. The summed E-state index contributed by atoms with van der Waals surface area (Å²) in [4.78, 5) is 16.1. The van der Waals surface area contributed by atoms with Crippen LogP contribution in [0.15, 0.2) is 0 Å². The van der Waals surface area contributed by atoms with Crippen LogP contribution in [0.5, 0.6) is 0 Å². The van der Waals surface area contributed by atoms with Crippen LogP contribution in [0.25, 0.3) is 0 Å². The second-order valence-corrected chi connectivity index (χ2v) is 6.76. The average molecular weight is 254 g/mol. The summed E-state index contributed by atoms with van der Waals surface area (Å²) in [6, 6.07) is 0. The second-order valence-electron chi connectivity index (χ2n) is 5.76. The Morgan fingerprint density at radius 1 is 1.47 bits per heavy atom. The first-order chi connectivity index (χ1) is 7.74. The number of aromatic carboxylic acids is 1. The summed E-state index contributed by atoms with van der Waals surface area (Å²) in [6.45, 7) is 5.92. The van der Waals surface area contributed by atoms with Crippen molar-refractivity contribution in [1.29, 1.82) is 0 Å². The fourth-order valence-corrected chi connectivity index (χ4v) is 3.23. The molecule has 5 heteroatoms. The van der Waals surface area contributed by atoms with E-state index in [1.807, 2.05) is 20.8 Å². The van der Waals surface area contributed by atoms with Crippen molar-refractivity contribution < 1.29 is 9.90 Å². The highest BCUT2D eigenvalue weighted by Crippen LogP contribution is 2.42. The molecule has 4 nitrogen and oxygen atoms in total. The SMILES string of the molecule is CC(C)(C)c1nc(C2(N)CCC2)sc1C(=O)O. The van der Waals surface area contributed by atoms with Crippen LogP contribution in [0.4, 0.5) is 0 Å². The first-order valence-electron chi connectivity index (χ1n) is 5.78. The topological polar surface area (TPSA) is 76.2 Å². The summed E-state index contributed by atoms with van der Waals surface area (Å²) in [7, 11) is 0. The molecule has 1 aliphatic carbocycles. The third kappa shape index (κ3) is 2.09. The highest BCUT2D eigenvalue weighted by atomic mass is 32.1. The van der Waals surface area contributed by atoms with Crippen LogP contribution < -0.4 is 5.73 Å². The molecule has 3 N–H and O–H groups in total. The summed E-state index contributed by atoms with van der Waals surface area (Å²) in [5, 5.41) is 10.0. The fourth-order valence-electron chi connectivity index (χ4n) is 1.96. The van der Waals surface area contributed by atoms with Gasteiger partial charge in [0.05, 0.1) is 11.2 Å². The number of nitrogens with two attached hydrogens (primary N) is 1. The smallest absolute Gasteiger partial charge is 0.347 e. The molecule has 1 aromatic rings. The van der Waals surface area contributed by atoms with E-state index >= 15 is 0 Å². The molecule has 1 aromatic heterocycles. The number of rotatable bonds is 2. The van der Waals surface area contributed by atoms with Crippen molar-refractivity contribution in [2.75, 3.05) is 0 Å². The zero-order valence-electron chi connectivity index (χ0n) is 10.4. The van der Waals surface area contributed by atoms with Crippen LogP contribution in [0.1, 0.15) is 60.4 Å². The Morgan fingerprint density at radius 2 is 2.06 bits per heavy atom. The van der Waals surface area contributed by atoms with Crippen LogP contribution in [-0.2, 0) is 11.0 Å². The van der Waals surface area contributed by atoms with E-state index in [2.05, 4.69) is 4.98 Å². The molecule has 0 bridgehead atoms. The van der Waals surface area contributed by atoms with E-state index in [1.54, 1.807) is 0 Å². The summed E-state index contributed by atoms with van der Waals surface area (Å²) in [5.74, 6) is -0.901. The van der Waals surface area contributed by atoms with Crippen LogP contribution in [-0.4, -0.2) is 16.1 Å². The third-order valence-electron chi connectivity index (χ3n) is 3.20. The lowest BCUT2D eigenvalue weighted by molar-refractivity contribution is 0.0699. The van der Waals surface area contributed by atoms with Gasteiger partial charge in [0.2, 0.25) is 0 Å². The largest absolute Gasteiger partial charge is 0.477 e. The average Bonchev–Trinajstić information content (AvgIpc) is 2.57. The number of thiazole rings is 1. The highest BCUT2D eigenvalue weighted by Gasteiger charge is 2.40. The van der Waals surface area contributed by atoms with Gasteiger partial charge in [-0.25, -0.2) is 9.78 Å². The lowest BCUT2D eigenvalue weighted by Crippen LogP contribution is -2.43. The van der Waals surface area contributed by atoms with Gasteiger partial charge in [0, 0.05) is 5.41 Å². The van der Waals surface area contributed by atoms with Crippen LogP contribution in [0.3, 0.4) is 0 Å². The number of carbonyl (C=O) groups is 1. The molecule has 1 heterocycles. The van der Waals surface area contributed by atoms with Gasteiger partial charge < -0.3 is 10.8 Å².